The molecule has 0 unspecified atom stereocenters. The standard InChI is InChI=1S/C49H33N3O/c1-3-10-32(11-4-1)33-18-20-34(21-19-33)35-22-24-37(25-23-35)48-50-47(36-12-5-2-6-13-36)51-49(52-48)41-29-27-38-30-40(28-26-39(38)31-41)42-15-9-17-45-46(42)43-14-7-8-16-44(43)53-45/h2-3,5-31H,1,4H2. The van der Waals surface area contributed by atoms with Gasteiger partial charge in [-0.2, -0.15) is 0 Å². The molecule has 0 N–H and O–H groups in total. The summed E-state index contributed by atoms with van der Waals surface area (Å²) in [6.45, 7) is 0. The monoisotopic (exact) mass is 679 g/mol. The van der Waals surface area contributed by atoms with E-state index in [1.54, 1.807) is 0 Å². The summed E-state index contributed by atoms with van der Waals surface area (Å²) in [5.74, 6) is 1.93. The summed E-state index contributed by atoms with van der Waals surface area (Å²) < 4.78 is 6.18. The predicted molar refractivity (Wildman–Crippen MR) is 218 cm³/mol. The first kappa shape index (κ1) is 30.9. The molecule has 0 radical (unpaired) electrons. The highest BCUT2D eigenvalue weighted by Crippen LogP contribution is 2.38. The third-order valence-electron chi connectivity index (χ3n) is 10.2. The number of aromatic nitrogens is 3. The van der Waals surface area contributed by atoms with Gasteiger partial charge in [0, 0.05) is 27.5 Å². The molecule has 2 heterocycles. The number of hydrogen-bond donors (Lipinski definition) is 0. The van der Waals surface area contributed by atoms with Crippen LogP contribution in [0.25, 0.3) is 94.7 Å². The molecule has 1 aliphatic carbocycles. The molecule has 7 aromatic carbocycles. The Morgan fingerprint density at radius 2 is 0.981 bits per heavy atom. The van der Waals surface area contributed by atoms with E-state index in [0.717, 1.165) is 78.9 Å². The molecule has 1 aliphatic rings. The number of benzene rings is 7. The Morgan fingerprint density at radius 3 is 1.70 bits per heavy atom. The highest BCUT2D eigenvalue weighted by molar-refractivity contribution is 6.12. The van der Waals surface area contributed by atoms with Crippen LogP contribution in [0.3, 0.4) is 0 Å². The van der Waals surface area contributed by atoms with Crippen molar-refractivity contribution in [3.63, 3.8) is 0 Å². The minimum atomic E-state index is 0.639. The third-order valence-corrected chi connectivity index (χ3v) is 10.2. The Labute approximate surface area is 307 Å². The van der Waals surface area contributed by atoms with Crippen molar-refractivity contribution in [1.82, 2.24) is 15.0 Å². The second kappa shape index (κ2) is 13.0. The van der Waals surface area contributed by atoms with Crippen molar-refractivity contribution < 1.29 is 4.42 Å². The molecule has 0 bridgehead atoms. The first-order chi connectivity index (χ1) is 26.2. The zero-order valence-electron chi connectivity index (χ0n) is 28.9. The van der Waals surface area contributed by atoms with E-state index in [1.165, 1.54) is 16.7 Å². The molecule has 0 saturated carbocycles. The largest absolute Gasteiger partial charge is 0.456 e. The van der Waals surface area contributed by atoms with Crippen LogP contribution in [0.5, 0.6) is 0 Å². The van der Waals surface area contributed by atoms with Crippen molar-refractivity contribution >= 4 is 38.3 Å². The van der Waals surface area contributed by atoms with Gasteiger partial charge in [-0.3, -0.25) is 0 Å². The third kappa shape index (κ3) is 5.81. The Morgan fingerprint density at radius 1 is 0.415 bits per heavy atom. The Balaban J connectivity index is 1.00. The van der Waals surface area contributed by atoms with Gasteiger partial charge in [0.2, 0.25) is 0 Å². The Hall–Kier alpha value is -6.91. The smallest absolute Gasteiger partial charge is 0.164 e. The van der Waals surface area contributed by atoms with E-state index < -0.39 is 0 Å². The quantitative estimate of drug-likeness (QED) is 0.175. The molecular weight excluding hydrogens is 647 g/mol. The van der Waals surface area contributed by atoms with Gasteiger partial charge < -0.3 is 4.42 Å². The van der Waals surface area contributed by atoms with Crippen molar-refractivity contribution in [2.24, 2.45) is 0 Å². The van der Waals surface area contributed by atoms with E-state index >= 15 is 0 Å². The summed E-state index contributed by atoms with van der Waals surface area (Å²) in [6, 6.07) is 55.0. The minimum Gasteiger partial charge on any atom is -0.456 e. The van der Waals surface area contributed by atoms with Gasteiger partial charge in [0.1, 0.15) is 11.2 Å². The van der Waals surface area contributed by atoms with Crippen LogP contribution in [-0.4, -0.2) is 15.0 Å². The van der Waals surface area contributed by atoms with Crippen molar-refractivity contribution in [3.05, 3.63) is 182 Å². The molecule has 9 aromatic rings. The van der Waals surface area contributed by atoms with Gasteiger partial charge in [-0.25, -0.2) is 15.0 Å². The molecule has 0 aliphatic heterocycles. The van der Waals surface area contributed by atoms with Crippen LogP contribution in [0.2, 0.25) is 0 Å². The fourth-order valence-corrected chi connectivity index (χ4v) is 7.41. The molecule has 0 fully saturated rings. The van der Waals surface area contributed by atoms with Crippen LogP contribution in [-0.2, 0) is 0 Å². The van der Waals surface area contributed by atoms with Crippen molar-refractivity contribution in [2.75, 3.05) is 0 Å². The van der Waals surface area contributed by atoms with E-state index in [0.29, 0.717) is 17.5 Å². The zero-order chi connectivity index (χ0) is 35.1. The lowest BCUT2D eigenvalue weighted by Gasteiger charge is -2.11. The van der Waals surface area contributed by atoms with E-state index in [4.69, 9.17) is 19.4 Å². The van der Waals surface area contributed by atoms with Gasteiger partial charge in [0.25, 0.3) is 0 Å². The van der Waals surface area contributed by atoms with E-state index in [1.807, 2.05) is 48.5 Å². The number of para-hydroxylation sites is 1. The van der Waals surface area contributed by atoms with Crippen LogP contribution in [0.4, 0.5) is 0 Å². The van der Waals surface area contributed by atoms with Gasteiger partial charge in [0.05, 0.1) is 0 Å². The van der Waals surface area contributed by atoms with Crippen molar-refractivity contribution in [2.45, 2.75) is 12.8 Å². The Kier molecular flexibility index (Phi) is 7.58. The number of furan rings is 1. The van der Waals surface area contributed by atoms with E-state index in [-0.39, 0.29) is 0 Å². The first-order valence-electron chi connectivity index (χ1n) is 18.1. The summed E-state index contributed by atoms with van der Waals surface area (Å²) in [5, 5.41) is 4.53. The van der Waals surface area contributed by atoms with Crippen LogP contribution in [0.1, 0.15) is 18.4 Å². The fraction of sp³-hybridized carbons (Fsp3) is 0.0408. The summed E-state index contributed by atoms with van der Waals surface area (Å²) in [5.41, 5.74) is 11.8. The van der Waals surface area contributed by atoms with Crippen LogP contribution in [0.15, 0.2) is 180 Å². The molecule has 0 amide bonds. The number of nitrogens with zero attached hydrogens (tertiary/aromatic N) is 3. The minimum absolute atomic E-state index is 0.639. The molecule has 250 valence electrons. The van der Waals surface area contributed by atoms with Crippen LogP contribution < -0.4 is 0 Å². The molecule has 53 heavy (non-hydrogen) atoms. The van der Waals surface area contributed by atoms with E-state index in [9.17, 15) is 0 Å². The van der Waals surface area contributed by atoms with Gasteiger partial charge >= 0.3 is 0 Å². The van der Waals surface area contributed by atoms with Crippen molar-refractivity contribution in [3.8, 4) is 56.4 Å². The van der Waals surface area contributed by atoms with Crippen LogP contribution in [0, 0.1) is 0 Å². The molecular formula is C49H33N3O. The number of rotatable bonds is 6. The zero-order valence-corrected chi connectivity index (χ0v) is 28.9. The average molecular weight is 680 g/mol. The van der Waals surface area contributed by atoms with Crippen molar-refractivity contribution in [1.29, 1.82) is 0 Å². The second-order valence-electron chi connectivity index (χ2n) is 13.5. The van der Waals surface area contributed by atoms with Gasteiger partial charge in [-0.05, 0) is 81.3 Å². The summed E-state index contributed by atoms with van der Waals surface area (Å²) in [6.07, 6.45) is 9.01. The second-order valence-corrected chi connectivity index (χ2v) is 13.5. The highest BCUT2D eigenvalue weighted by atomic mass is 16.3. The molecule has 0 saturated heterocycles. The molecule has 2 aromatic heterocycles. The SMILES string of the molecule is C1=CC(c2ccc(-c3ccc(-c4nc(-c5ccccc5)nc(-c5ccc6cc(-c7cccc8oc9ccccc9c78)ccc6c5)n4)cc3)cc2)=CCC1. The highest BCUT2D eigenvalue weighted by Gasteiger charge is 2.15. The predicted octanol–water partition coefficient (Wildman–Crippen LogP) is 13.0. The first-order valence-corrected chi connectivity index (χ1v) is 18.1. The maximum Gasteiger partial charge on any atom is 0.164 e. The molecule has 0 spiro atoms. The van der Waals surface area contributed by atoms with Gasteiger partial charge in [-0.1, -0.05) is 152 Å². The average Bonchev–Trinajstić information content (AvgIpc) is 3.63. The van der Waals surface area contributed by atoms with Gasteiger partial charge in [0.15, 0.2) is 17.5 Å². The topological polar surface area (TPSA) is 51.8 Å². The molecule has 4 heteroatoms. The number of allylic oxidation sites excluding steroid dienone is 4. The number of hydrogen-bond acceptors (Lipinski definition) is 4. The maximum absolute atomic E-state index is 6.18. The summed E-state index contributed by atoms with van der Waals surface area (Å²) in [4.78, 5) is 15.0. The lowest BCUT2D eigenvalue weighted by molar-refractivity contribution is 0.669. The Bertz CT molecular complexity index is 2870. The van der Waals surface area contributed by atoms with Crippen LogP contribution >= 0.6 is 0 Å². The molecule has 0 atom stereocenters. The van der Waals surface area contributed by atoms with Gasteiger partial charge in [-0.15, -0.1) is 0 Å². The summed E-state index contributed by atoms with van der Waals surface area (Å²) >= 11 is 0. The number of fused-ring (bicyclic) bond motifs is 4. The lowest BCUT2D eigenvalue weighted by Crippen LogP contribution is -2.00. The lowest BCUT2D eigenvalue weighted by atomic mass is 9.96. The maximum atomic E-state index is 6.18. The fourth-order valence-electron chi connectivity index (χ4n) is 7.41. The molecule has 4 nitrogen and oxygen atoms in total. The summed E-state index contributed by atoms with van der Waals surface area (Å²) in [7, 11) is 0. The van der Waals surface area contributed by atoms with E-state index in [2.05, 4.69) is 127 Å². The molecule has 10 rings (SSSR count). The normalized spacial score (nSPS) is 12.8.